The lowest BCUT2D eigenvalue weighted by atomic mass is 10.1. The quantitative estimate of drug-likeness (QED) is 0.763. The van der Waals surface area contributed by atoms with Gasteiger partial charge >= 0.3 is 0 Å². The summed E-state index contributed by atoms with van der Waals surface area (Å²) in [6, 6.07) is 14.2. The van der Waals surface area contributed by atoms with Crippen molar-refractivity contribution in [3.63, 3.8) is 0 Å². The Morgan fingerprint density at radius 1 is 1.17 bits per heavy atom. The van der Waals surface area contributed by atoms with Gasteiger partial charge in [-0.3, -0.25) is 9.59 Å². The van der Waals surface area contributed by atoms with Crippen LogP contribution in [0.1, 0.15) is 21.5 Å². The summed E-state index contributed by atoms with van der Waals surface area (Å²) < 4.78 is 0. The third-order valence-electron chi connectivity index (χ3n) is 3.67. The number of anilines is 1. The lowest BCUT2D eigenvalue weighted by Gasteiger charge is -2.09. The average Bonchev–Trinajstić information content (AvgIpc) is 2.55. The Bertz CT molecular complexity index is 1010. The average molecular weight is 303 g/mol. The molecule has 112 valence electrons. The first-order chi connectivity index (χ1) is 11.1. The zero-order chi connectivity index (χ0) is 16.4. The van der Waals surface area contributed by atoms with E-state index in [9.17, 15) is 14.9 Å². The fourth-order valence-electron chi connectivity index (χ4n) is 2.45. The summed E-state index contributed by atoms with van der Waals surface area (Å²) in [5.74, 6) is -0.542. The van der Waals surface area contributed by atoms with Gasteiger partial charge in [-0.25, -0.2) is 0 Å². The van der Waals surface area contributed by atoms with E-state index in [1.165, 1.54) is 6.20 Å². The molecule has 5 heteroatoms. The zero-order valence-electron chi connectivity index (χ0n) is 12.4. The molecule has 3 rings (SSSR count). The number of benzene rings is 2. The highest BCUT2D eigenvalue weighted by Crippen LogP contribution is 2.19. The molecule has 0 aliphatic rings. The molecule has 1 aromatic heterocycles. The molecule has 1 heterocycles. The minimum atomic E-state index is -0.542. The summed E-state index contributed by atoms with van der Waals surface area (Å²) in [4.78, 5) is 27.8. The van der Waals surface area contributed by atoms with Crippen LogP contribution in [-0.4, -0.2) is 10.9 Å². The molecule has 5 nitrogen and oxygen atoms in total. The number of amides is 1. The third-order valence-corrected chi connectivity index (χ3v) is 3.67. The number of nitrogens with zero attached hydrogens (tertiary/aromatic N) is 1. The maximum absolute atomic E-state index is 12.4. The molecule has 1 amide bonds. The molecule has 3 aromatic rings. The maximum atomic E-state index is 12.4. The van der Waals surface area contributed by atoms with E-state index < -0.39 is 5.91 Å². The number of H-pyrrole nitrogens is 1. The van der Waals surface area contributed by atoms with E-state index in [1.807, 2.05) is 6.07 Å². The Kier molecular flexibility index (Phi) is 3.65. The van der Waals surface area contributed by atoms with Crippen LogP contribution in [0.15, 0.2) is 53.5 Å². The van der Waals surface area contributed by atoms with E-state index in [2.05, 4.69) is 16.4 Å². The predicted octanol–water partition coefficient (Wildman–Crippen LogP) is 2.96. The van der Waals surface area contributed by atoms with E-state index in [0.717, 1.165) is 5.56 Å². The van der Waals surface area contributed by atoms with Gasteiger partial charge in [-0.1, -0.05) is 24.3 Å². The Morgan fingerprint density at radius 3 is 2.74 bits per heavy atom. The van der Waals surface area contributed by atoms with Crippen LogP contribution in [0.3, 0.4) is 0 Å². The molecule has 0 saturated heterocycles. The number of hydrogen-bond donors (Lipinski definition) is 2. The summed E-state index contributed by atoms with van der Waals surface area (Å²) >= 11 is 0. The van der Waals surface area contributed by atoms with Crippen LogP contribution >= 0.6 is 0 Å². The highest BCUT2D eigenvalue weighted by molar-refractivity contribution is 6.06. The minimum absolute atomic E-state index is 0.00842. The summed E-state index contributed by atoms with van der Waals surface area (Å²) in [6.45, 7) is 1.79. The summed E-state index contributed by atoms with van der Waals surface area (Å²) in [5, 5.41) is 12.3. The molecule has 2 aromatic carbocycles. The Balaban J connectivity index is 2.03. The van der Waals surface area contributed by atoms with Crippen molar-refractivity contribution in [3.05, 3.63) is 75.6 Å². The van der Waals surface area contributed by atoms with Gasteiger partial charge in [-0.05, 0) is 30.7 Å². The van der Waals surface area contributed by atoms with Gasteiger partial charge in [0.25, 0.3) is 5.91 Å². The van der Waals surface area contributed by atoms with Crippen molar-refractivity contribution in [2.45, 2.75) is 6.92 Å². The second kappa shape index (κ2) is 5.78. The lowest BCUT2D eigenvalue weighted by molar-refractivity contribution is 0.102. The van der Waals surface area contributed by atoms with E-state index in [4.69, 9.17) is 0 Å². The number of fused-ring (bicyclic) bond motifs is 1. The SMILES string of the molecule is Cc1cccc(NC(=O)c2c[nH]c3ccccc3c2=O)c1C#N. The van der Waals surface area contributed by atoms with Crippen molar-refractivity contribution in [1.82, 2.24) is 4.98 Å². The van der Waals surface area contributed by atoms with E-state index in [-0.39, 0.29) is 11.0 Å². The number of hydrogen-bond acceptors (Lipinski definition) is 3. The number of aromatic amines is 1. The molecule has 0 atom stereocenters. The highest BCUT2D eigenvalue weighted by atomic mass is 16.2. The van der Waals surface area contributed by atoms with Gasteiger partial charge in [0.2, 0.25) is 5.43 Å². The number of carbonyl (C=O) groups is 1. The van der Waals surface area contributed by atoms with E-state index in [1.54, 1.807) is 43.3 Å². The van der Waals surface area contributed by atoms with Crippen LogP contribution in [0.5, 0.6) is 0 Å². The molecule has 0 radical (unpaired) electrons. The van der Waals surface area contributed by atoms with Crippen LogP contribution in [0.2, 0.25) is 0 Å². The van der Waals surface area contributed by atoms with Crippen LogP contribution in [0.4, 0.5) is 5.69 Å². The second-order valence-electron chi connectivity index (χ2n) is 5.14. The molecule has 0 aliphatic heterocycles. The van der Waals surface area contributed by atoms with Crippen LogP contribution in [-0.2, 0) is 0 Å². The van der Waals surface area contributed by atoms with Crippen molar-refractivity contribution in [3.8, 4) is 6.07 Å². The maximum Gasteiger partial charge on any atom is 0.261 e. The van der Waals surface area contributed by atoms with Crippen molar-refractivity contribution >= 4 is 22.5 Å². The minimum Gasteiger partial charge on any atom is -0.360 e. The van der Waals surface area contributed by atoms with E-state index >= 15 is 0 Å². The highest BCUT2D eigenvalue weighted by Gasteiger charge is 2.15. The van der Waals surface area contributed by atoms with Gasteiger partial charge in [-0.15, -0.1) is 0 Å². The Hall–Kier alpha value is -3.39. The van der Waals surface area contributed by atoms with Gasteiger partial charge in [0.1, 0.15) is 11.6 Å². The number of rotatable bonds is 2. The normalized spacial score (nSPS) is 10.3. The Morgan fingerprint density at radius 2 is 1.96 bits per heavy atom. The number of nitriles is 1. The molecule has 0 bridgehead atoms. The van der Waals surface area contributed by atoms with Crippen LogP contribution in [0.25, 0.3) is 10.9 Å². The number of nitrogens with one attached hydrogen (secondary N) is 2. The molecule has 0 fully saturated rings. The second-order valence-corrected chi connectivity index (χ2v) is 5.14. The predicted molar refractivity (Wildman–Crippen MR) is 88.4 cm³/mol. The van der Waals surface area contributed by atoms with Crippen LogP contribution < -0.4 is 10.7 Å². The van der Waals surface area contributed by atoms with E-state index in [0.29, 0.717) is 22.2 Å². The number of aromatic nitrogens is 1. The standard InChI is InChI=1S/C18H13N3O2/c1-11-5-4-8-16(13(11)9-19)21-18(23)14-10-20-15-7-3-2-6-12(15)17(14)22/h2-8,10H,1H3,(H,20,22)(H,21,23). The largest absolute Gasteiger partial charge is 0.360 e. The fraction of sp³-hybridized carbons (Fsp3) is 0.0556. The fourth-order valence-corrected chi connectivity index (χ4v) is 2.45. The summed E-state index contributed by atoms with van der Waals surface area (Å²) in [5.41, 5.74) is 1.88. The van der Waals surface area contributed by atoms with Crippen molar-refractivity contribution in [1.29, 1.82) is 5.26 Å². The van der Waals surface area contributed by atoms with Crippen molar-refractivity contribution in [2.24, 2.45) is 0 Å². The Labute approximate surface area is 132 Å². The summed E-state index contributed by atoms with van der Waals surface area (Å²) in [7, 11) is 0. The molecule has 2 N–H and O–H groups in total. The number of carbonyl (C=O) groups excluding carboxylic acids is 1. The first-order valence-corrected chi connectivity index (χ1v) is 7.03. The van der Waals surface area contributed by atoms with Gasteiger partial charge in [0.15, 0.2) is 0 Å². The number of para-hydroxylation sites is 1. The number of pyridine rings is 1. The molecule has 0 spiro atoms. The molecule has 23 heavy (non-hydrogen) atoms. The van der Waals surface area contributed by atoms with Gasteiger partial charge in [-0.2, -0.15) is 5.26 Å². The molecule has 0 saturated carbocycles. The topological polar surface area (TPSA) is 85.8 Å². The molecule has 0 aliphatic carbocycles. The monoisotopic (exact) mass is 303 g/mol. The van der Waals surface area contributed by atoms with Gasteiger partial charge in [0.05, 0.1) is 11.3 Å². The third kappa shape index (κ3) is 2.58. The number of aryl methyl sites for hydroxylation is 1. The molecular weight excluding hydrogens is 290 g/mol. The summed E-state index contributed by atoms with van der Waals surface area (Å²) in [6.07, 6.45) is 1.39. The first kappa shape index (κ1) is 14.5. The lowest BCUT2D eigenvalue weighted by Crippen LogP contribution is -2.22. The first-order valence-electron chi connectivity index (χ1n) is 7.03. The molecule has 0 unspecified atom stereocenters. The smallest absolute Gasteiger partial charge is 0.261 e. The van der Waals surface area contributed by atoms with Crippen LogP contribution in [0, 0.1) is 18.3 Å². The molecular formula is C18H13N3O2. The zero-order valence-corrected chi connectivity index (χ0v) is 12.4. The van der Waals surface area contributed by atoms with Crippen molar-refractivity contribution in [2.75, 3.05) is 5.32 Å². The van der Waals surface area contributed by atoms with Crippen molar-refractivity contribution < 1.29 is 4.79 Å². The van der Waals surface area contributed by atoms with Gasteiger partial charge in [0, 0.05) is 17.1 Å². The van der Waals surface area contributed by atoms with Gasteiger partial charge < -0.3 is 10.3 Å².